The molecule has 8 heteroatoms. The lowest BCUT2D eigenvalue weighted by Gasteiger charge is -2.12. The van der Waals surface area contributed by atoms with E-state index < -0.39 is 21.1 Å². The lowest BCUT2D eigenvalue weighted by Crippen LogP contribution is -2.33. The first-order valence-corrected chi connectivity index (χ1v) is 8.23. The zero-order valence-corrected chi connectivity index (χ0v) is 12.0. The van der Waals surface area contributed by atoms with Crippen molar-refractivity contribution in [1.82, 2.24) is 14.7 Å². The van der Waals surface area contributed by atoms with Crippen LogP contribution in [0.15, 0.2) is 32.7 Å². The largest absolute Gasteiger partial charge is 0.316 e. The van der Waals surface area contributed by atoms with E-state index in [0.29, 0.717) is 5.52 Å². The molecular weight excluding hydrogens is 294 g/mol. The van der Waals surface area contributed by atoms with Crippen molar-refractivity contribution < 1.29 is 8.42 Å². The van der Waals surface area contributed by atoms with E-state index in [1.165, 1.54) is 18.2 Å². The summed E-state index contributed by atoms with van der Waals surface area (Å²) in [4.78, 5) is 27.4. The molecule has 1 aliphatic rings. The summed E-state index contributed by atoms with van der Waals surface area (Å²) in [7, 11) is -3.62. The second kappa shape index (κ2) is 5.12. The summed E-state index contributed by atoms with van der Waals surface area (Å²) < 4.78 is 27.3. The SMILES string of the molecule is O=c1[nH]c2ccc(S(=O)(=O)NC3CCCC3)cc2[nH]c1=O. The van der Waals surface area contributed by atoms with Crippen molar-refractivity contribution in [3.05, 3.63) is 38.9 Å². The molecule has 0 aliphatic heterocycles. The Balaban J connectivity index is 2.01. The molecular formula is C13H15N3O4S. The summed E-state index contributed by atoms with van der Waals surface area (Å²) in [5.74, 6) is 0. The molecule has 1 saturated carbocycles. The number of sulfonamides is 1. The number of H-pyrrole nitrogens is 2. The molecule has 1 heterocycles. The Bertz CT molecular complexity index is 892. The van der Waals surface area contributed by atoms with Crippen molar-refractivity contribution >= 4 is 21.1 Å². The number of aromatic amines is 2. The van der Waals surface area contributed by atoms with E-state index in [0.717, 1.165) is 25.7 Å². The molecule has 3 rings (SSSR count). The molecule has 1 fully saturated rings. The van der Waals surface area contributed by atoms with Crippen molar-refractivity contribution in [2.24, 2.45) is 0 Å². The number of benzene rings is 1. The summed E-state index contributed by atoms with van der Waals surface area (Å²) in [5.41, 5.74) is -0.892. The predicted octanol–water partition coefficient (Wildman–Crippen LogP) is 0.437. The van der Waals surface area contributed by atoms with E-state index in [-0.39, 0.29) is 16.5 Å². The fraction of sp³-hybridized carbons (Fsp3) is 0.385. The topological polar surface area (TPSA) is 112 Å². The lowest BCUT2D eigenvalue weighted by molar-refractivity contribution is 0.552. The Labute approximate surface area is 120 Å². The number of aromatic nitrogens is 2. The average molecular weight is 309 g/mol. The minimum absolute atomic E-state index is 0.0275. The fourth-order valence-corrected chi connectivity index (χ4v) is 3.92. The number of rotatable bonds is 3. The van der Waals surface area contributed by atoms with Crippen LogP contribution in [0.3, 0.4) is 0 Å². The van der Waals surface area contributed by atoms with Gasteiger partial charge in [-0.3, -0.25) is 9.59 Å². The van der Waals surface area contributed by atoms with Gasteiger partial charge in [0.15, 0.2) is 0 Å². The van der Waals surface area contributed by atoms with Crippen molar-refractivity contribution in [1.29, 1.82) is 0 Å². The van der Waals surface area contributed by atoms with Crippen molar-refractivity contribution in [2.45, 2.75) is 36.6 Å². The first-order chi connectivity index (χ1) is 9.95. The molecule has 0 atom stereocenters. The third kappa shape index (κ3) is 2.77. The molecule has 7 nitrogen and oxygen atoms in total. The average Bonchev–Trinajstić information content (AvgIpc) is 2.91. The minimum Gasteiger partial charge on any atom is -0.316 e. The van der Waals surface area contributed by atoms with Crippen molar-refractivity contribution in [3.8, 4) is 0 Å². The summed E-state index contributed by atoms with van der Waals surface area (Å²) in [5, 5.41) is 0. The van der Waals surface area contributed by atoms with Gasteiger partial charge in [-0.05, 0) is 31.0 Å². The Morgan fingerprint density at radius 2 is 1.62 bits per heavy atom. The van der Waals surface area contributed by atoms with Gasteiger partial charge in [0.1, 0.15) is 0 Å². The van der Waals surface area contributed by atoms with Crippen molar-refractivity contribution in [3.63, 3.8) is 0 Å². The number of fused-ring (bicyclic) bond motifs is 1. The normalized spacial score (nSPS) is 16.6. The quantitative estimate of drug-likeness (QED) is 0.714. The third-order valence-electron chi connectivity index (χ3n) is 3.68. The van der Waals surface area contributed by atoms with Gasteiger partial charge in [-0.15, -0.1) is 0 Å². The molecule has 3 N–H and O–H groups in total. The molecule has 0 radical (unpaired) electrons. The van der Waals surface area contributed by atoms with Gasteiger partial charge in [0.2, 0.25) is 10.0 Å². The minimum atomic E-state index is -3.62. The number of hydrogen-bond acceptors (Lipinski definition) is 4. The number of hydrogen-bond donors (Lipinski definition) is 3. The zero-order valence-electron chi connectivity index (χ0n) is 11.2. The zero-order chi connectivity index (χ0) is 15.0. The van der Waals surface area contributed by atoms with Crippen LogP contribution >= 0.6 is 0 Å². The molecule has 1 aromatic carbocycles. The second-order valence-electron chi connectivity index (χ2n) is 5.22. The molecule has 1 aromatic heterocycles. The van der Waals surface area contributed by atoms with E-state index in [9.17, 15) is 18.0 Å². The third-order valence-corrected chi connectivity index (χ3v) is 5.20. The van der Waals surface area contributed by atoms with Crippen LogP contribution in [-0.4, -0.2) is 24.4 Å². The summed E-state index contributed by atoms with van der Waals surface area (Å²) in [6.45, 7) is 0. The van der Waals surface area contributed by atoms with E-state index in [1.807, 2.05) is 0 Å². The Kier molecular flexibility index (Phi) is 3.42. The highest BCUT2D eigenvalue weighted by atomic mass is 32.2. The smallest absolute Gasteiger partial charge is 0.314 e. The maximum atomic E-state index is 12.3. The van der Waals surface area contributed by atoms with E-state index in [2.05, 4.69) is 14.7 Å². The second-order valence-corrected chi connectivity index (χ2v) is 6.93. The van der Waals surface area contributed by atoms with Crippen LogP contribution in [0, 0.1) is 0 Å². The molecule has 112 valence electrons. The molecule has 0 amide bonds. The first kappa shape index (κ1) is 14.0. The number of nitrogens with one attached hydrogen (secondary N) is 3. The highest BCUT2D eigenvalue weighted by Gasteiger charge is 2.23. The van der Waals surface area contributed by atoms with Gasteiger partial charge in [-0.25, -0.2) is 13.1 Å². The molecule has 0 spiro atoms. The Morgan fingerprint density at radius 3 is 2.29 bits per heavy atom. The molecule has 0 bridgehead atoms. The molecule has 2 aromatic rings. The lowest BCUT2D eigenvalue weighted by atomic mass is 10.3. The van der Waals surface area contributed by atoms with Gasteiger partial charge >= 0.3 is 11.1 Å². The molecule has 0 saturated heterocycles. The van der Waals surface area contributed by atoms with Crippen LogP contribution in [-0.2, 0) is 10.0 Å². The highest BCUT2D eigenvalue weighted by molar-refractivity contribution is 7.89. The van der Waals surface area contributed by atoms with E-state index in [1.54, 1.807) is 0 Å². The Hall–Kier alpha value is -1.93. The Morgan fingerprint density at radius 1 is 1.00 bits per heavy atom. The van der Waals surface area contributed by atoms with Gasteiger partial charge in [-0.2, -0.15) is 0 Å². The van der Waals surface area contributed by atoms with Gasteiger partial charge in [0.25, 0.3) is 0 Å². The first-order valence-electron chi connectivity index (χ1n) is 6.74. The fourth-order valence-electron chi connectivity index (χ4n) is 2.59. The summed E-state index contributed by atoms with van der Waals surface area (Å²) >= 11 is 0. The van der Waals surface area contributed by atoms with Crippen LogP contribution in [0.25, 0.3) is 11.0 Å². The highest BCUT2D eigenvalue weighted by Crippen LogP contribution is 2.21. The van der Waals surface area contributed by atoms with Crippen LogP contribution in [0.1, 0.15) is 25.7 Å². The van der Waals surface area contributed by atoms with Crippen LogP contribution in [0.2, 0.25) is 0 Å². The van der Waals surface area contributed by atoms with Crippen LogP contribution < -0.4 is 15.8 Å². The van der Waals surface area contributed by atoms with Crippen molar-refractivity contribution in [2.75, 3.05) is 0 Å². The maximum absolute atomic E-state index is 12.3. The summed E-state index contributed by atoms with van der Waals surface area (Å²) in [6.07, 6.45) is 3.74. The van der Waals surface area contributed by atoms with Gasteiger partial charge < -0.3 is 9.97 Å². The van der Waals surface area contributed by atoms with Crippen LogP contribution in [0.4, 0.5) is 0 Å². The van der Waals surface area contributed by atoms with Gasteiger partial charge in [0, 0.05) is 6.04 Å². The van der Waals surface area contributed by atoms with Gasteiger partial charge in [0.05, 0.1) is 15.9 Å². The maximum Gasteiger partial charge on any atom is 0.314 e. The molecule has 0 unspecified atom stereocenters. The summed E-state index contributed by atoms with van der Waals surface area (Å²) in [6, 6.07) is 4.20. The standard InChI is InChI=1S/C13H15N3O4S/c17-12-13(18)15-11-7-9(5-6-10(11)14-12)21(19,20)16-8-3-1-2-4-8/h5-8,16H,1-4H2,(H,14,17)(H,15,18). The van der Waals surface area contributed by atoms with Crippen LogP contribution in [0.5, 0.6) is 0 Å². The van der Waals surface area contributed by atoms with E-state index >= 15 is 0 Å². The molecule has 1 aliphatic carbocycles. The van der Waals surface area contributed by atoms with Gasteiger partial charge in [-0.1, -0.05) is 12.8 Å². The molecule has 21 heavy (non-hydrogen) atoms. The predicted molar refractivity (Wildman–Crippen MR) is 77.8 cm³/mol. The van der Waals surface area contributed by atoms with E-state index in [4.69, 9.17) is 0 Å². The monoisotopic (exact) mass is 309 g/mol.